The first-order chi connectivity index (χ1) is 12.3. The first-order valence-electron chi connectivity index (χ1n) is 7.94. The molecule has 0 bridgehead atoms. The van der Waals surface area contributed by atoms with E-state index in [1.54, 1.807) is 27.7 Å². The lowest BCUT2D eigenvalue weighted by molar-refractivity contribution is -0.385. The molecule has 0 fully saturated rings. The second kappa shape index (κ2) is 7.22. The Hall–Kier alpha value is -2.55. The highest BCUT2D eigenvalue weighted by molar-refractivity contribution is 8.01. The maximum absolute atomic E-state index is 14.4. The zero-order chi connectivity index (χ0) is 20.6. The Labute approximate surface area is 158 Å². The maximum Gasteiger partial charge on any atom is 0.272 e. The molecule has 0 N–H and O–H groups in total. The van der Waals surface area contributed by atoms with Crippen LogP contribution in [0.4, 0.5) is 20.2 Å². The van der Waals surface area contributed by atoms with Gasteiger partial charge in [0.2, 0.25) is 0 Å². The number of thioether (sulfide) groups is 1. The first kappa shape index (κ1) is 20.8. The molecule has 2 aromatic rings. The average molecular weight is 396 g/mol. The molecule has 0 saturated carbocycles. The molecule has 0 spiro atoms. The standard InChI is InChI=1S/C18H18F2N2O4S/c1-17(2,13-7-5-11(21(23)24)9-15(13)19)27-18(3,4)14-8-6-12(22(25)26)10-16(14)20/h5-10H,1-4H3. The van der Waals surface area contributed by atoms with Crippen molar-refractivity contribution in [1.29, 1.82) is 0 Å². The fourth-order valence-electron chi connectivity index (χ4n) is 2.96. The van der Waals surface area contributed by atoms with Crippen molar-refractivity contribution in [2.24, 2.45) is 0 Å². The molecule has 27 heavy (non-hydrogen) atoms. The first-order valence-corrected chi connectivity index (χ1v) is 8.76. The summed E-state index contributed by atoms with van der Waals surface area (Å²) >= 11 is 1.25. The lowest BCUT2D eigenvalue weighted by Gasteiger charge is -2.35. The normalized spacial score (nSPS) is 12.1. The van der Waals surface area contributed by atoms with E-state index in [-0.39, 0.29) is 22.5 Å². The van der Waals surface area contributed by atoms with Crippen LogP contribution in [0.15, 0.2) is 36.4 Å². The number of benzene rings is 2. The van der Waals surface area contributed by atoms with Gasteiger partial charge in [-0.25, -0.2) is 8.78 Å². The molecule has 0 saturated heterocycles. The highest BCUT2D eigenvalue weighted by Gasteiger charge is 2.36. The summed E-state index contributed by atoms with van der Waals surface area (Å²) in [4.78, 5) is 20.2. The van der Waals surface area contributed by atoms with Crippen molar-refractivity contribution < 1.29 is 18.6 Å². The van der Waals surface area contributed by atoms with Gasteiger partial charge >= 0.3 is 0 Å². The number of halogens is 2. The molecule has 0 radical (unpaired) electrons. The van der Waals surface area contributed by atoms with Crippen LogP contribution in [0.2, 0.25) is 0 Å². The zero-order valence-electron chi connectivity index (χ0n) is 15.2. The van der Waals surface area contributed by atoms with Crippen molar-refractivity contribution in [2.75, 3.05) is 0 Å². The lowest BCUT2D eigenvalue weighted by Crippen LogP contribution is -2.25. The van der Waals surface area contributed by atoms with Gasteiger partial charge < -0.3 is 0 Å². The minimum absolute atomic E-state index is 0.244. The molecule has 0 heterocycles. The van der Waals surface area contributed by atoms with Crippen molar-refractivity contribution in [2.45, 2.75) is 37.2 Å². The topological polar surface area (TPSA) is 86.3 Å². The van der Waals surface area contributed by atoms with Crippen molar-refractivity contribution >= 4 is 23.1 Å². The van der Waals surface area contributed by atoms with Gasteiger partial charge in [0.05, 0.1) is 22.0 Å². The molecule has 0 amide bonds. The van der Waals surface area contributed by atoms with Crippen LogP contribution in [0.5, 0.6) is 0 Å². The van der Waals surface area contributed by atoms with E-state index in [9.17, 15) is 29.0 Å². The Kier molecular flexibility index (Phi) is 5.55. The number of nitro benzene ring substituents is 2. The summed E-state index contributed by atoms with van der Waals surface area (Å²) < 4.78 is 27.2. The van der Waals surface area contributed by atoms with E-state index >= 15 is 0 Å². The minimum Gasteiger partial charge on any atom is -0.258 e. The summed E-state index contributed by atoms with van der Waals surface area (Å²) in [5, 5.41) is 21.6. The van der Waals surface area contributed by atoms with Crippen LogP contribution in [0, 0.1) is 31.9 Å². The van der Waals surface area contributed by atoms with Crippen molar-refractivity contribution in [3.63, 3.8) is 0 Å². The number of hydrogen-bond acceptors (Lipinski definition) is 5. The molecule has 0 aliphatic rings. The molecule has 6 nitrogen and oxygen atoms in total. The van der Waals surface area contributed by atoms with Crippen LogP contribution in [0.25, 0.3) is 0 Å². The Morgan fingerprint density at radius 1 is 0.778 bits per heavy atom. The van der Waals surface area contributed by atoms with Gasteiger partial charge in [0.15, 0.2) is 0 Å². The largest absolute Gasteiger partial charge is 0.272 e. The Bertz CT molecular complexity index is 843. The van der Waals surface area contributed by atoms with Gasteiger partial charge in [-0.2, -0.15) is 0 Å². The summed E-state index contributed by atoms with van der Waals surface area (Å²) in [6.45, 7) is 6.92. The fraction of sp³-hybridized carbons (Fsp3) is 0.333. The number of non-ortho nitro benzene ring substituents is 2. The van der Waals surface area contributed by atoms with Crippen LogP contribution in [0.1, 0.15) is 38.8 Å². The molecule has 2 rings (SSSR count). The van der Waals surface area contributed by atoms with E-state index < -0.39 is 31.0 Å². The maximum atomic E-state index is 14.4. The van der Waals surface area contributed by atoms with Crippen LogP contribution in [-0.4, -0.2) is 9.85 Å². The van der Waals surface area contributed by atoms with Crippen LogP contribution in [-0.2, 0) is 9.49 Å². The SMILES string of the molecule is CC(C)(SC(C)(C)c1ccc([N+](=O)[O-])cc1F)c1ccc([N+](=O)[O-])cc1F. The molecule has 0 aromatic heterocycles. The van der Waals surface area contributed by atoms with Gasteiger partial charge in [-0.15, -0.1) is 11.8 Å². The summed E-state index contributed by atoms with van der Waals surface area (Å²) in [5.41, 5.74) is -0.211. The van der Waals surface area contributed by atoms with E-state index in [0.717, 1.165) is 12.1 Å². The highest BCUT2D eigenvalue weighted by atomic mass is 32.2. The lowest BCUT2D eigenvalue weighted by atomic mass is 10.00. The van der Waals surface area contributed by atoms with Gasteiger partial charge in [-0.1, -0.05) is 0 Å². The molecule has 0 aliphatic carbocycles. The van der Waals surface area contributed by atoms with Crippen LogP contribution >= 0.6 is 11.8 Å². The van der Waals surface area contributed by atoms with Crippen molar-refractivity contribution in [1.82, 2.24) is 0 Å². The van der Waals surface area contributed by atoms with Gasteiger partial charge in [-0.3, -0.25) is 20.2 Å². The third-order valence-corrected chi connectivity index (χ3v) is 5.59. The third-order valence-electron chi connectivity index (χ3n) is 4.13. The summed E-state index contributed by atoms with van der Waals surface area (Å²) in [6.07, 6.45) is 0. The van der Waals surface area contributed by atoms with Crippen molar-refractivity contribution in [3.05, 3.63) is 79.4 Å². The molecule has 0 atom stereocenters. The third kappa shape index (κ3) is 4.41. The number of nitro groups is 2. The molecule has 0 aliphatic heterocycles. The molecule has 9 heteroatoms. The summed E-state index contributed by atoms with van der Waals surface area (Å²) in [5.74, 6) is -1.44. The molecule has 0 unspecified atom stereocenters. The molecule has 2 aromatic carbocycles. The predicted octanol–water partition coefficient (Wildman–Crippen LogP) is 5.68. The molecule has 144 valence electrons. The number of rotatable bonds is 6. The quantitative estimate of drug-likeness (QED) is 0.463. The Morgan fingerprint density at radius 3 is 1.37 bits per heavy atom. The smallest absolute Gasteiger partial charge is 0.258 e. The number of hydrogen-bond donors (Lipinski definition) is 0. The average Bonchev–Trinajstić information content (AvgIpc) is 2.52. The van der Waals surface area contributed by atoms with Crippen molar-refractivity contribution in [3.8, 4) is 0 Å². The monoisotopic (exact) mass is 396 g/mol. The predicted molar refractivity (Wildman–Crippen MR) is 99.8 cm³/mol. The second-order valence-corrected chi connectivity index (χ2v) is 9.21. The van der Waals surface area contributed by atoms with E-state index in [1.165, 1.54) is 36.0 Å². The Balaban J connectivity index is 2.38. The summed E-state index contributed by atoms with van der Waals surface area (Å²) in [7, 11) is 0. The highest BCUT2D eigenvalue weighted by Crippen LogP contribution is 2.50. The fourth-order valence-corrected chi connectivity index (χ4v) is 4.79. The van der Waals surface area contributed by atoms with Crippen LogP contribution < -0.4 is 0 Å². The second-order valence-electron chi connectivity index (χ2n) is 6.97. The van der Waals surface area contributed by atoms with Crippen LogP contribution in [0.3, 0.4) is 0 Å². The van der Waals surface area contributed by atoms with E-state index in [4.69, 9.17) is 0 Å². The molecular formula is C18H18F2N2O4S. The van der Waals surface area contributed by atoms with Gasteiger partial charge in [0, 0.05) is 32.8 Å². The van der Waals surface area contributed by atoms with E-state index in [1.807, 2.05) is 0 Å². The summed E-state index contributed by atoms with van der Waals surface area (Å²) in [6, 6.07) is 6.86. The van der Waals surface area contributed by atoms with E-state index in [2.05, 4.69) is 0 Å². The van der Waals surface area contributed by atoms with Gasteiger partial charge in [-0.05, 0) is 39.8 Å². The zero-order valence-corrected chi connectivity index (χ0v) is 16.0. The Morgan fingerprint density at radius 2 is 1.11 bits per heavy atom. The number of nitrogens with zero attached hydrogens (tertiary/aromatic N) is 2. The van der Waals surface area contributed by atoms with Gasteiger partial charge in [0.1, 0.15) is 11.6 Å². The van der Waals surface area contributed by atoms with Gasteiger partial charge in [0.25, 0.3) is 11.4 Å². The van der Waals surface area contributed by atoms with E-state index in [0.29, 0.717) is 0 Å². The molecular weight excluding hydrogens is 378 g/mol. The minimum atomic E-state index is -0.850.